The van der Waals surface area contributed by atoms with Crippen molar-refractivity contribution in [3.63, 3.8) is 0 Å². The molecule has 2 amide bonds. The fourth-order valence-corrected chi connectivity index (χ4v) is 5.23. The third-order valence-electron chi connectivity index (χ3n) is 6.01. The molecule has 1 aromatic heterocycles. The number of hydrogen-bond acceptors (Lipinski definition) is 5. The molecule has 1 aliphatic rings. The number of methoxy groups -OCH3 is 1. The predicted molar refractivity (Wildman–Crippen MR) is 128 cm³/mol. The third-order valence-corrected chi connectivity index (χ3v) is 7.22. The van der Waals surface area contributed by atoms with E-state index in [0.29, 0.717) is 11.6 Å². The van der Waals surface area contributed by atoms with E-state index in [2.05, 4.69) is 15.6 Å². The van der Waals surface area contributed by atoms with E-state index in [1.807, 2.05) is 18.3 Å². The molecule has 2 N–H and O–H groups in total. The Labute approximate surface area is 204 Å². The molecule has 3 aromatic rings. The highest BCUT2D eigenvalue weighted by Crippen LogP contribution is 2.40. The Morgan fingerprint density at radius 3 is 2.34 bits per heavy atom. The maximum Gasteiger partial charge on any atom is 0.416 e. The van der Waals surface area contributed by atoms with Gasteiger partial charge in [0.15, 0.2) is 0 Å². The molecular formula is C25H24F3N3O3S. The monoisotopic (exact) mass is 503 g/mol. The Kier molecular flexibility index (Phi) is 7.39. The molecule has 1 aliphatic carbocycles. The van der Waals surface area contributed by atoms with Crippen LogP contribution in [0.25, 0.3) is 10.4 Å². The minimum Gasteiger partial charge on any atom is -0.469 e. The molecule has 0 bridgehead atoms. The van der Waals surface area contributed by atoms with E-state index in [-0.39, 0.29) is 17.6 Å². The van der Waals surface area contributed by atoms with Gasteiger partial charge in [0.2, 0.25) is 0 Å². The average molecular weight is 504 g/mol. The predicted octanol–water partition coefficient (Wildman–Crippen LogP) is 6.92. The number of halogens is 3. The van der Waals surface area contributed by atoms with Crippen molar-refractivity contribution in [2.75, 3.05) is 17.7 Å². The molecular weight excluding hydrogens is 479 g/mol. The Hall–Kier alpha value is -3.40. The molecule has 0 spiro atoms. The zero-order chi connectivity index (χ0) is 25.0. The number of urea groups is 1. The van der Waals surface area contributed by atoms with Crippen LogP contribution in [0.4, 0.5) is 29.3 Å². The largest absolute Gasteiger partial charge is 0.469 e. The Morgan fingerprint density at radius 2 is 1.69 bits per heavy atom. The van der Waals surface area contributed by atoms with Gasteiger partial charge in [-0.1, -0.05) is 18.2 Å². The first kappa shape index (κ1) is 24.7. The summed E-state index contributed by atoms with van der Waals surface area (Å²) in [6, 6.07) is 11.0. The molecule has 6 nitrogen and oxygen atoms in total. The number of thiazole rings is 1. The summed E-state index contributed by atoms with van der Waals surface area (Å²) in [5.41, 5.74) is 0.664. The minimum absolute atomic E-state index is 0.0264. The first-order valence-corrected chi connectivity index (χ1v) is 11.9. The van der Waals surface area contributed by atoms with Crippen LogP contribution in [0.2, 0.25) is 0 Å². The second-order valence-electron chi connectivity index (χ2n) is 8.37. The number of ether oxygens (including phenoxy) is 1. The Balaban J connectivity index is 1.34. The second kappa shape index (κ2) is 10.5. The van der Waals surface area contributed by atoms with E-state index in [4.69, 9.17) is 4.74 Å². The fourth-order valence-electron chi connectivity index (χ4n) is 4.14. The lowest BCUT2D eigenvalue weighted by molar-refractivity contribution is -0.146. The van der Waals surface area contributed by atoms with Crippen molar-refractivity contribution in [1.82, 2.24) is 4.98 Å². The van der Waals surface area contributed by atoms with Crippen LogP contribution in [0.15, 0.2) is 54.7 Å². The summed E-state index contributed by atoms with van der Waals surface area (Å²) < 4.78 is 43.4. The smallest absolute Gasteiger partial charge is 0.416 e. The molecule has 0 atom stereocenters. The number of esters is 1. The summed E-state index contributed by atoms with van der Waals surface area (Å²) in [7, 11) is 1.42. The SMILES string of the molecule is COC(=O)C1CCC(c2ncc(-c3ccc(NC(=O)Nc4cccc(C(F)(F)F)c4)cc3)s2)CC1. The first-order chi connectivity index (χ1) is 16.7. The normalized spacial score (nSPS) is 18.1. The molecule has 35 heavy (non-hydrogen) atoms. The van der Waals surface area contributed by atoms with Crippen LogP contribution in [0.1, 0.15) is 42.2 Å². The lowest BCUT2D eigenvalue weighted by Gasteiger charge is -2.25. The lowest BCUT2D eigenvalue weighted by atomic mass is 9.82. The van der Waals surface area contributed by atoms with Crippen molar-refractivity contribution in [3.8, 4) is 10.4 Å². The van der Waals surface area contributed by atoms with Crippen molar-refractivity contribution in [2.45, 2.75) is 37.8 Å². The molecule has 1 saturated carbocycles. The van der Waals surface area contributed by atoms with Crippen LogP contribution < -0.4 is 10.6 Å². The van der Waals surface area contributed by atoms with E-state index in [1.54, 1.807) is 23.5 Å². The van der Waals surface area contributed by atoms with E-state index in [1.165, 1.54) is 19.2 Å². The molecule has 0 unspecified atom stereocenters. The van der Waals surface area contributed by atoms with E-state index in [9.17, 15) is 22.8 Å². The molecule has 4 rings (SSSR count). The van der Waals surface area contributed by atoms with E-state index < -0.39 is 17.8 Å². The number of alkyl halides is 3. The van der Waals surface area contributed by atoms with Crippen LogP contribution in [0.5, 0.6) is 0 Å². The summed E-state index contributed by atoms with van der Waals surface area (Å²) in [5.74, 6) is 0.164. The van der Waals surface area contributed by atoms with Gasteiger partial charge in [0.05, 0.1) is 28.5 Å². The maximum atomic E-state index is 12.8. The fraction of sp³-hybridized carbons (Fsp3) is 0.320. The summed E-state index contributed by atoms with van der Waals surface area (Å²) in [6.07, 6.45) is 0.746. The number of benzene rings is 2. The number of rotatable bonds is 5. The van der Waals surface area contributed by atoms with Crippen LogP contribution in [0, 0.1) is 5.92 Å². The zero-order valence-electron chi connectivity index (χ0n) is 18.9. The topological polar surface area (TPSA) is 80.3 Å². The van der Waals surface area contributed by atoms with Gasteiger partial charge in [0.25, 0.3) is 0 Å². The summed E-state index contributed by atoms with van der Waals surface area (Å²) >= 11 is 1.61. The molecule has 0 aliphatic heterocycles. The summed E-state index contributed by atoms with van der Waals surface area (Å²) in [4.78, 5) is 29.5. The van der Waals surface area contributed by atoms with Gasteiger partial charge in [-0.15, -0.1) is 11.3 Å². The number of nitrogens with one attached hydrogen (secondary N) is 2. The molecule has 2 aromatic carbocycles. The minimum atomic E-state index is -4.48. The lowest BCUT2D eigenvalue weighted by Crippen LogP contribution is -2.22. The maximum absolute atomic E-state index is 12.8. The highest BCUT2D eigenvalue weighted by atomic mass is 32.1. The van der Waals surface area contributed by atoms with Crippen LogP contribution in [-0.4, -0.2) is 24.1 Å². The standard InChI is InChI=1S/C25H24F3N3O3S/c1-34-23(32)17-7-5-16(6-8-17)22-29-14-21(35-22)15-9-11-19(12-10-15)30-24(33)31-20-4-2-3-18(13-20)25(26,27)28/h2-4,9-14,16-17H,5-8H2,1H3,(H2,30,31,33). The Bertz CT molecular complexity index is 1190. The van der Waals surface area contributed by atoms with Crippen LogP contribution in [0.3, 0.4) is 0 Å². The van der Waals surface area contributed by atoms with Gasteiger partial charge in [0.1, 0.15) is 0 Å². The van der Waals surface area contributed by atoms with Crippen molar-refractivity contribution in [1.29, 1.82) is 0 Å². The zero-order valence-corrected chi connectivity index (χ0v) is 19.7. The number of nitrogens with zero attached hydrogens (tertiary/aromatic N) is 1. The number of aromatic nitrogens is 1. The van der Waals surface area contributed by atoms with Crippen molar-refractivity contribution in [2.24, 2.45) is 5.92 Å². The average Bonchev–Trinajstić information content (AvgIpc) is 3.34. The molecule has 1 fully saturated rings. The van der Waals surface area contributed by atoms with Gasteiger partial charge < -0.3 is 15.4 Å². The van der Waals surface area contributed by atoms with E-state index >= 15 is 0 Å². The molecule has 0 radical (unpaired) electrons. The quantitative estimate of drug-likeness (QED) is 0.371. The van der Waals surface area contributed by atoms with Gasteiger partial charge in [-0.05, 0) is 61.6 Å². The highest BCUT2D eigenvalue weighted by molar-refractivity contribution is 7.15. The number of amides is 2. The van der Waals surface area contributed by atoms with Gasteiger partial charge in [-0.2, -0.15) is 13.2 Å². The Morgan fingerprint density at radius 1 is 1.00 bits per heavy atom. The third kappa shape index (κ3) is 6.19. The van der Waals surface area contributed by atoms with Gasteiger partial charge in [-0.25, -0.2) is 9.78 Å². The van der Waals surface area contributed by atoms with Crippen molar-refractivity contribution in [3.05, 3.63) is 65.3 Å². The van der Waals surface area contributed by atoms with Crippen molar-refractivity contribution < 1.29 is 27.5 Å². The molecule has 10 heteroatoms. The van der Waals surface area contributed by atoms with Crippen LogP contribution >= 0.6 is 11.3 Å². The second-order valence-corrected chi connectivity index (χ2v) is 9.43. The summed E-state index contributed by atoms with van der Waals surface area (Å²) in [6.45, 7) is 0. The number of anilines is 2. The number of hydrogen-bond donors (Lipinski definition) is 2. The molecule has 1 heterocycles. The van der Waals surface area contributed by atoms with Gasteiger partial charge in [0, 0.05) is 23.5 Å². The van der Waals surface area contributed by atoms with Gasteiger partial charge >= 0.3 is 18.2 Å². The van der Waals surface area contributed by atoms with Crippen molar-refractivity contribution >= 4 is 34.7 Å². The highest BCUT2D eigenvalue weighted by Gasteiger charge is 2.31. The molecule has 184 valence electrons. The first-order valence-electron chi connectivity index (χ1n) is 11.1. The summed E-state index contributed by atoms with van der Waals surface area (Å²) in [5, 5.41) is 6.08. The van der Waals surface area contributed by atoms with E-state index in [0.717, 1.165) is 53.3 Å². The number of carbonyl (C=O) groups excluding carboxylic acids is 2. The van der Waals surface area contributed by atoms with Gasteiger partial charge in [-0.3, -0.25) is 4.79 Å². The van der Waals surface area contributed by atoms with Crippen LogP contribution in [-0.2, 0) is 15.7 Å². The molecule has 0 saturated heterocycles. The number of carbonyl (C=O) groups is 2.